The molecule has 0 atom stereocenters. The van der Waals surface area contributed by atoms with Crippen molar-refractivity contribution in [3.05, 3.63) is 24.9 Å². The van der Waals surface area contributed by atoms with Crippen LogP contribution >= 0.6 is 0 Å². The molecule has 2 nitrogen and oxygen atoms in total. The smallest absolute Gasteiger partial charge is 0.125 e. The number of amidine groups is 1. The standard InChI is InChI=1S/C8H12N2/c1-5-9-8(4)10-6-7(2)3/h5-6H,1-2H2,3-4H3. The Balaban J connectivity index is 4.01. The van der Waals surface area contributed by atoms with Gasteiger partial charge in [-0.05, 0) is 19.4 Å². The van der Waals surface area contributed by atoms with Gasteiger partial charge in [0, 0.05) is 12.4 Å². The molecule has 0 N–H and O–H groups in total. The molecular weight excluding hydrogens is 124 g/mol. The van der Waals surface area contributed by atoms with E-state index < -0.39 is 0 Å². The van der Waals surface area contributed by atoms with Gasteiger partial charge in [0.2, 0.25) is 0 Å². The van der Waals surface area contributed by atoms with Gasteiger partial charge in [-0.25, -0.2) is 9.98 Å². The number of hydrogen-bond acceptors (Lipinski definition) is 1. The summed E-state index contributed by atoms with van der Waals surface area (Å²) in [6.07, 6.45) is 3.13. The molecule has 0 aliphatic rings. The Morgan fingerprint density at radius 3 is 2.40 bits per heavy atom. The van der Waals surface area contributed by atoms with E-state index >= 15 is 0 Å². The monoisotopic (exact) mass is 136 g/mol. The molecule has 0 bridgehead atoms. The Bertz CT molecular complexity index is 187. The lowest BCUT2D eigenvalue weighted by molar-refractivity contribution is 1.47. The van der Waals surface area contributed by atoms with Crippen molar-refractivity contribution in [1.82, 2.24) is 0 Å². The molecule has 0 amide bonds. The molecule has 0 aliphatic carbocycles. The van der Waals surface area contributed by atoms with Crippen LogP contribution in [0.25, 0.3) is 0 Å². The molecule has 54 valence electrons. The summed E-state index contributed by atoms with van der Waals surface area (Å²) in [5.74, 6) is 0.693. The quantitative estimate of drug-likeness (QED) is 0.410. The third-order valence-electron chi connectivity index (χ3n) is 0.750. The molecule has 0 heterocycles. The van der Waals surface area contributed by atoms with Crippen LogP contribution < -0.4 is 0 Å². The molecule has 0 aromatic carbocycles. The summed E-state index contributed by atoms with van der Waals surface area (Å²) in [7, 11) is 0. The molecule has 0 aromatic heterocycles. The molecular formula is C8H12N2. The molecule has 0 spiro atoms. The van der Waals surface area contributed by atoms with E-state index in [1.54, 1.807) is 13.1 Å². The molecule has 0 fully saturated rings. The average Bonchev–Trinajstić information content (AvgIpc) is 1.85. The number of hydrogen-bond donors (Lipinski definition) is 0. The highest BCUT2D eigenvalue weighted by Crippen LogP contribution is 1.83. The lowest BCUT2D eigenvalue weighted by Crippen LogP contribution is -1.85. The highest BCUT2D eigenvalue weighted by Gasteiger charge is 1.79. The number of allylic oxidation sites excluding steroid dienone is 1. The van der Waals surface area contributed by atoms with Gasteiger partial charge < -0.3 is 0 Å². The second-order valence-corrected chi connectivity index (χ2v) is 1.96. The molecule has 10 heavy (non-hydrogen) atoms. The zero-order valence-electron chi connectivity index (χ0n) is 6.46. The van der Waals surface area contributed by atoms with Crippen LogP contribution in [0.3, 0.4) is 0 Å². The summed E-state index contributed by atoms with van der Waals surface area (Å²) >= 11 is 0. The number of rotatable bonds is 2. The van der Waals surface area contributed by atoms with Gasteiger partial charge in [0.15, 0.2) is 0 Å². The summed E-state index contributed by atoms with van der Waals surface area (Å²) in [6.45, 7) is 10.8. The summed E-state index contributed by atoms with van der Waals surface area (Å²) < 4.78 is 0. The molecule has 0 rings (SSSR count). The first kappa shape index (κ1) is 8.82. The fourth-order valence-electron chi connectivity index (χ4n) is 0.369. The molecule has 0 saturated heterocycles. The van der Waals surface area contributed by atoms with Crippen LogP contribution in [0, 0.1) is 0 Å². The Kier molecular flexibility index (Phi) is 4.12. The maximum Gasteiger partial charge on any atom is 0.125 e. The predicted molar refractivity (Wildman–Crippen MR) is 46.6 cm³/mol. The molecule has 0 aliphatic heterocycles. The zero-order valence-corrected chi connectivity index (χ0v) is 6.46. The fourth-order valence-corrected chi connectivity index (χ4v) is 0.369. The van der Waals surface area contributed by atoms with Crippen LogP contribution in [0.4, 0.5) is 0 Å². The highest BCUT2D eigenvalue weighted by molar-refractivity contribution is 5.92. The normalized spacial score (nSPS) is 12.0. The summed E-state index contributed by atoms with van der Waals surface area (Å²) in [4.78, 5) is 7.81. The molecule has 0 aromatic rings. The maximum atomic E-state index is 3.97. The SMILES string of the molecule is C=CN=C(C)N=CC(=C)C. The van der Waals surface area contributed by atoms with E-state index in [1.165, 1.54) is 6.20 Å². The Morgan fingerprint density at radius 2 is 2.00 bits per heavy atom. The van der Waals surface area contributed by atoms with Gasteiger partial charge >= 0.3 is 0 Å². The number of aliphatic imine (C=N–C) groups is 2. The van der Waals surface area contributed by atoms with Gasteiger partial charge in [0.05, 0.1) is 0 Å². The van der Waals surface area contributed by atoms with Crippen molar-refractivity contribution in [1.29, 1.82) is 0 Å². The van der Waals surface area contributed by atoms with Gasteiger partial charge in [-0.2, -0.15) is 0 Å². The highest BCUT2D eigenvalue weighted by atomic mass is 14.9. The maximum absolute atomic E-state index is 3.97. The minimum Gasteiger partial charge on any atom is -0.242 e. The van der Waals surface area contributed by atoms with Gasteiger partial charge in [-0.1, -0.05) is 13.2 Å². The molecule has 0 saturated carbocycles. The third kappa shape index (κ3) is 4.97. The third-order valence-corrected chi connectivity index (χ3v) is 0.750. The van der Waals surface area contributed by atoms with E-state index in [4.69, 9.17) is 0 Å². The lowest BCUT2D eigenvalue weighted by Gasteiger charge is -1.86. The van der Waals surface area contributed by atoms with Gasteiger partial charge in [0.25, 0.3) is 0 Å². The van der Waals surface area contributed by atoms with Crippen molar-refractivity contribution in [2.75, 3.05) is 0 Å². The van der Waals surface area contributed by atoms with E-state index in [-0.39, 0.29) is 0 Å². The topological polar surface area (TPSA) is 24.7 Å². The fraction of sp³-hybridized carbons (Fsp3) is 0.250. The Morgan fingerprint density at radius 1 is 1.40 bits per heavy atom. The summed E-state index contributed by atoms with van der Waals surface area (Å²) in [5, 5.41) is 0. The van der Waals surface area contributed by atoms with Crippen molar-refractivity contribution in [3.8, 4) is 0 Å². The van der Waals surface area contributed by atoms with E-state index in [1.807, 2.05) is 6.92 Å². The van der Waals surface area contributed by atoms with Gasteiger partial charge in [-0.3, -0.25) is 0 Å². The first-order chi connectivity index (χ1) is 4.66. The first-order valence-electron chi connectivity index (χ1n) is 3.01. The van der Waals surface area contributed by atoms with Crippen molar-refractivity contribution < 1.29 is 0 Å². The second-order valence-electron chi connectivity index (χ2n) is 1.96. The van der Waals surface area contributed by atoms with Crippen molar-refractivity contribution in [2.24, 2.45) is 9.98 Å². The predicted octanol–water partition coefficient (Wildman–Crippen LogP) is 2.20. The van der Waals surface area contributed by atoms with Crippen LogP contribution in [0.1, 0.15) is 13.8 Å². The molecule has 2 heteroatoms. The Labute approximate surface area is 61.7 Å². The van der Waals surface area contributed by atoms with Crippen LogP contribution in [0.2, 0.25) is 0 Å². The van der Waals surface area contributed by atoms with E-state index in [9.17, 15) is 0 Å². The van der Waals surface area contributed by atoms with Crippen LogP contribution in [-0.2, 0) is 0 Å². The number of nitrogens with zero attached hydrogens (tertiary/aromatic N) is 2. The second kappa shape index (κ2) is 4.68. The van der Waals surface area contributed by atoms with Crippen molar-refractivity contribution >= 4 is 12.1 Å². The zero-order chi connectivity index (χ0) is 7.98. The first-order valence-corrected chi connectivity index (χ1v) is 3.01. The van der Waals surface area contributed by atoms with Crippen LogP contribution in [0.15, 0.2) is 34.9 Å². The summed E-state index contributed by atoms with van der Waals surface area (Å²) in [5.41, 5.74) is 0.915. The van der Waals surface area contributed by atoms with E-state index in [2.05, 4.69) is 23.1 Å². The van der Waals surface area contributed by atoms with Crippen molar-refractivity contribution in [3.63, 3.8) is 0 Å². The average molecular weight is 136 g/mol. The lowest BCUT2D eigenvalue weighted by atomic mass is 10.4. The van der Waals surface area contributed by atoms with Gasteiger partial charge in [-0.15, -0.1) is 0 Å². The van der Waals surface area contributed by atoms with Crippen LogP contribution in [-0.4, -0.2) is 12.1 Å². The largest absolute Gasteiger partial charge is 0.242 e. The minimum absolute atomic E-state index is 0.693. The summed E-state index contributed by atoms with van der Waals surface area (Å²) in [6, 6.07) is 0. The molecule has 0 radical (unpaired) electrons. The van der Waals surface area contributed by atoms with Crippen LogP contribution in [0.5, 0.6) is 0 Å². The molecule has 0 unspecified atom stereocenters. The Hall–Kier alpha value is -1.18. The van der Waals surface area contributed by atoms with Crippen molar-refractivity contribution in [2.45, 2.75) is 13.8 Å². The van der Waals surface area contributed by atoms with Gasteiger partial charge in [0.1, 0.15) is 5.84 Å². The minimum atomic E-state index is 0.693. The van der Waals surface area contributed by atoms with E-state index in [0.29, 0.717) is 5.84 Å². The van der Waals surface area contributed by atoms with E-state index in [0.717, 1.165) is 5.57 Å².